The number of rotatable bonds is 4. The maximum atomic E-state index is 6.15. The summed E-state index contributed by atoms with van der Waals surface area (Å²) in [6, 6.07) is 0.686. The van der Waals surface area contributed by atoms with Crippen LogP contribution in [-0.4, -0.2) is 22.4 Å². The lowest BCUT2D eigenvalue weighted by atomic mass is 9.86. The molecule has 1 aliphatic rings. The first kappa shape index (κ1) is 13.9. The molecule has 0 radical (unpaired) electrons. The fourth-order valence-corrected chi connectivity index (χ4v) is 3.00. The molecule has 0 amide bonds. The largest absolute Gasteiger partial charge is 0.312 e. The summed E-state index contributed by atoms with van der Waals surface area (Å²) in [4.78, 5) is 0. The zero-order valence-corrected chi connectivity index (χ0v) is 12.4. The van der Waals surface area contributed by atoms with Crippen molar-refractivity contribution in [2.75, 3.05) is 6.54 Å². The highest BCUT2D eigenvalue weighted by molar-refractivity contribution is 6.31. The third kappa shape index (κ3) is 3.07. The van der Waals surface area contributed by atoms with Crippen molar-refractivity contribution in [3.8, 4) is 0 Å². The van der Waals surface area contributed by atoms with Gasteiger partial charge in [0.25, 0.3) is 0 Å². The second kappa shape index (κ2) is 6.07. The minimum Gasteiger partial charge on any atom is -0.312 e. The van der Waals surface area contributed by atoms with Gasteiger partial charge >= 0.3 is 0 Å². The predicted molar refractivity (Wildman–Crippen MR) is 76.1 cm³/mol. The molecule has 1 aliphatic carbocycles. The highest BCUT2D eigenvalue weighted by Crippen LogP contribution is 2.23. The summed E-state index contributed by atoms with van der Waals surface area (Å²) in [7, 11) is 0. The standard InChI is InChI=1S/C14H24ClN3/c1-10-6-4-5-7-13(10)16-8-9-18-12(3)14(15)11(2)17-18/h10,13,16H,4-9H2,1-3H3. The molecule has 1 aromatic heterocycles. The van der Waals surface area contributed by atoms with Crippen LogP contribution in [-0.2, 0) is 6.54 Å². The van der Waals surface area contributed by atoms with Crippen molar-refractivity contribution < 1.29 is 0 Å². The van der Waals surface area contributed by atoms with Gasteiger partial charge in [-0.05, 0) is 32.6 Å². The number of halogens is 1. The Kier molecular flexibility index (Phi) is 4.68. The van der Waals surface area contributed by atoms with Crippen molar-refractivity contribution in [3.63, 3.8) is 0 Å². The fraction of sp³-hybridized carbons (Fsp3) is 0.786. The molecule has 18 heavy (non-hydrogen) atoms. The van der Waals surface area contributed by atoms with E-state index in [2.05, 4.69) is 17.3 Å². The van der Waals surface area contributed by atoms with Gasteiger partial charge in [-0.3, -0.25) is 4.68 Å². The topological polar surface area (TPSA) is 29.9 Å². The van der Waals surface area contributed by atoms with E-state index in [1.54, 1.807) is 0 Å². The number of hydrogen-bond donors (Lipinski definition) is 1. The lowest BCUT2D eigenvalue weighted by molar-refractivity contribution is 0.277. The third-order valence-corrected chi connectivity index (χ3v) is 4.68. The van der Waals surface area contributed by atoms with Crippen LogP contribution < -0.4 is 5.32 Å². The Hall–Kier alpha value is -0.540. The van der Waals surface area contributed by atoms with Crippen LogP contribution >= 0.6 is 11.6 Å². The zero-order chi connectivity index (χ0) is 13.1. The van der Waals surface area contributed by atoms with E-state index in [-0.39, 0.29) is 0 Å². The van der Waals surface area contributed by atoms with Crippen molar-refractivity contribution in [2.24, 2.45) is 5.92 Å². The third-order valence-electron chi connectivity index (χ3n) is 4.13. The average molecular weight is 270 g/mol. The second-order valence-electron chi connectivity index (χ2n) is 5.53. The van der Waals surface area contributed by atoms with Gasteiger partial charge in [0.2, 0.25) is 0 Å². The lowest BCUT2D eigenvalue weighted by Gasteiger charge is -2.29. The molecule has 2 unspecified atom stereocenters. The van der Waals surface area contributed by atoms with Crippen LogP contribution in [0.1, 0.15) is 44.0 Å². The summed E-state index contributed by atoms with van der Waals surface area (Å²) in [5.41, 5.74) is 2.01. The quantitative estimate of drug-likeness (QED) is 0.909. The Morgan fingerprint density at radius 3 is 2.67 bits per heavy atom. The maximum Gasteiger partial charge on any atom is 0.0844 e. The molecule has 0 spiro atoms. The van der Waals surface area contributed by atoms with Gasteiger partial charge in [-0.2, -0.15) is 5.10 Å². The number of hydrogen-bond acceptors (Lipinski definition) is 2. The Bertz CT molecular complexity index is 400. The van der Waals surface area contributed by atoms with Crippen LogP contribution in [0, 0.1) is 19.8 Å². The normalized spacial score (nSPS) is 24.4. The van der Waals surface area contributed by atoms with E-state index in [1.165, 1.54) is 25.7 Å². The summed E-state index contributed by atoms with van der Waals surface area (Å²) < 4.78 is 2.01. The van der Waals surface area contributed by atoms with E-state index < -0.39 is 0 Å². The van der Waals surface area contributed by atoms with Gasteiger partial charge in [-0.1, -0.05) is 31.4 Å². The zero-order valence-electron chi connectivity index (χ0n) is 11.7. The highest BCUT2D eigenvalue weighted by Gasteiger charge is 2.20. The summed E-state index contributed by atoms with van der Waals surface area (Å²) >= 11 is 6.15. The SMILES string of the molecule is Cc1nn(CCNC2CCCCC2C)c(C)c1Cl. The minimum atomic E-state index is 0.686. The maximum absolute atomic E-state index is 6.15. The van der Waals surface area contributed by atoms with E-state index in [9.17, 15) is 0 Å². The molecule has 0 bridgehead atoms. The molecule has 1 aromatic rings. The van der Waals surface area contributed by atoms with Gasteiger partial charge in [0.15, 0.2) is 0 Å². The Labute approximate surface area is 115 Å². The summed E-state index contributed by atoms with van der Waals surface area (Å²) in [5, 5.41) is 8.93. The second-order valence-corrected chi connectivity index (χ2v) is 5.91. The number of nitrogens with zero attached hydrogens (tertiary/aromatic N) is 2. The molecular weight excluding hydrogens is 246 g/mol. The molecule has 1 N–H and O–H groups in total. The first-order valence-electron chi connectivity index (χ1n) is 7.02. The molecule has 0 aromatic carbocycles. The van der Waals surface area contributed by atoms with Gasteiger partial charge in [-0.25, -0.2) is 0 Å². The van der Waals surface area contributed by atoms with Crippen molar-refractivity contribution >= 4 is 11.6 Å². The molecule has 1 saturated carbocycles. The molecule has 102 valence electrons. The smallest absolute Gasteiger partial charge is 0.0844 e. The molecule has 1 fully saturated rings. The molecule has 1 heterocycles. The first-order chi connectivity index (χ1) is 8.59. The lowest BCUT2D eigenvalue weighted by Crippen LogP contribution is -2.39. The number of aromatic nitrogens is 2. The van der Waals surface area contributed by atoms with E-state index in [0.717, 1.165) is 35.4 Å². The molecule has 4 heteroatoms. The Morgan fingerprint density at radius 1 is 1.33 bits per heavy atom. The fourth-order valence-electron chi connectivity index (χ4n) is 2.87. The van der Waals surface area contributed by atoms with E-state index in [4.69, 9.17) is 11.6 Å². The molecule has 0 saturated heterocycles. The van der Waals surface area contributed by atoms with Crippen LogP contribution in [0.3, 0.4) is 0 Å². The van der Waals surface area contributed by atoms with Crippen LogP contribution in [0.5, 0.6) is 0 Å². The number of aryl methyl sites for hydroxylation is 1. The summed E-state index contributed by atoms with van der Waals surface area (Å²) in [5.74, 6) is 0.808. The predicted octanol–water partition coefficient (Wildman–Crippen LogP) is 3.32. The average Bonchev–Trinajstić information content (AvgIpc) is 2.60. The van der Waals surface area contributed by atoms with E-state index >= 15 is 0 Å². The molecule has 2 rings (SSSR count). The van der Waals surface area contributed by atoms with Gasteiger partial charge < -0.3 is 5.32 Å². The van der Waals surface area contributed by atoms with Crippen LogP contribution in [0.2, 0.25) is 5.02 Å². The highest BCUT2D eigenvalue weighted by atomic mass is 35.5. The van der Waals surface area contributed by atoms with Gasteiger partial charge in [0.1, 0.15) is 0 Å². The van der Waals surface area contributed by atoms with Crippen molar-refractivity contribution in [1.82, 2.24) is 15.1 Å². The summed E-state index contributed by atoms with van der Waals surface area (Å²) in [6.07, 6.45) is 5.45. The first-order valence-corrected chi connectivity index (χ1v) is 7.40. The van der Waals surface area contributed by atoms with Crippen molar-refractivity contribution in [3.05, 3.63) is 16.4 Å². The van der Waals surface area contributed by atoms with E-state index in [1.807, 2.05) is 18.5 Å². The Balaban J connectivity index is 1.82. The van der Waals surface area contributed by atoms with Gasteiger partial charge in [0, 0.05) is 12.6 Å². The molecule has 2 atom stereocenters. The van der Waals surface area contributed by atoms with Crippen molar-refractivity contribution in [1.29, 1.82) is 0 Å². The Morgan fingerprint density at radius 2 is 2.06 bits per heavy atom. The molecular formula is C14H24ClN3. The van der Waals surface area contributed by atoms with Gasteiger partial charge in [0.05, 0.1) is 23.0 Å². The molecule has 3 nitrogen and oxygen atoms in total. The monoisotopic (exact) mass is 269 g/mol. The van der Waals surface area contributed by atoms with Crippen LogP contribution in [0.25, 0.3) is 0 Å². The van der Waals surface area contributed by atoms with E-state index in [0.29, 0.717) is 6.04 Å². The van der Waals surface area contributed by atoms with Crippen molar-refractivity contribution in [2.45, 2.75) is 59.0 Å². The summed E-state index contributed by atoms with van der Waals surface area (Å²) in [6.45, 7) is 8.24. The van der Waals surface area contributed by atoms with Crippen LogP contribution in [0.15, 0.2) is 0 Å². The van der Waals surface area contributed by atoms with Gasteiger partial charge in [-0.15, -0.1) is 0 Å². The minimum absolute atomic E-state index is 0.686. The number of nitrogens with one attached hydrogen (secondary N) is 1. The molecule has 0 aliphatic heterocycles. The van der Waals surface area contributed by atoms with Crippen LogP contribution in [0.4, 0.5) is 0 Å².